The molecular weight excluding hydrogens is 342 g/mol. The fourth-order valence-corrected chi connectivity index (χ4v) is 3.41. The highest BCUT2D eigenvalue weighted by Gasteiger charge is 2.17. The zero-order valence-corrected chi connectivity index (χ0v) is 14.5. The average molecular weight is 355 g/mol. The van der Waals surface area contributed by atoms with Gasteiger partial charge in [-0.1, -0.05) is 0 Å². The smallest absolute Gasteiger partial charge is 0.374 e. The number of rotatable bonds is 3. The van der Waals surface area contributed by atoms with E-state index < -0.39 is 5.97 Å². The predicted molar refractivity (Wildman–Crippen MR) is 93.2 cm³/mol. The summed E-state index contributed by atoms with van der Waals surface area (Å²) in [6.45, 7) is 3.77. The number of allylic oxidation sites excluding steroid dienone is 1. The van der Waals surface area contributed by atoms with E-state index in [9.17, 15) is 14.9 Å². The number of methoxy groups -OCH3 is 1. The number of aryl methyl sites for hydroxylation is 2. The van der Waals surface area contributed by atoms with Crippen molar-refractivity contribution in [2.45, 2.75) is 13.8 Å². The summed E-state index contributed by atoms with van der Waals surface area (Å²) in [5.74, 6) is -0.547. The molecule has 0 atom stereocenters. The Morgan fingerprint density at radius 2 is 2.24 bits per heavy atom. The van der Waals surface area contributed by atoms with Crippen molar-refractivity contribution in [2.75, 3.05) is 7.11 Å². The Labute approximate surface area is 146 Å². The number of hydrogen-bond acceptors (Lipinski definition) is 7. The molecule has 1 N–H and O–H groups in total. The largest absolute Gasteiger partial charge is 0.463 e. The lowest BCUT2D eigenvalue weighted by Gasteiger charge is -2.00. The summed E-state index contributed by atoms with van der Waals surface area (Å²) in [4.78, 5) is 32.6. The Morgan fingerprint density at radius 1 is 1.48 bits per heavy atom. The SMILES string of the molecule is COC(=O)c1occc1C=C(C#N)c1nc2sc(C)c(C)c2c(=O)[nH]1. The standard InChI is InChI=1S/C17H13N3O4S/c1-8-9(2)25-16-12(8)15(21)19-14(20-16)11(7-18)6-10-4-5-24-13(10)17(22)23-3/h4-6H,1-3H3,(H,19,20,21). The molecule has 25 heavy (non-hydrogen) atoms. The second-order valence-electron chi connectivity index (χ2n) is 5.24. The van der Waals surface area contributed by atoms with Gasteiger partial charge in [-0.2, -0.15) is 5.26 Å². The van der Waals surface area contributed by atoms with Gasteiger partial charge in [-0.25, -0.2) is 9.78 Å². The Hall–Kier alpha value is -3.18. The molecule has 0 aliphatic carbocycles. The van der Waals surface area contributed by atoms with Gasteiger partial charge in [-0.3, -0.25) is 4.79 Å². The Bertz CT molecular complexity index is 1110. The van der Waals surface area contributed by atoms with Crippen LogP contribution in [-0.4, -0.2) is 23.0 Å². The Kier molecular flexibility index (Phi) is 4.25. The van der Waals surface area contributed by atoms with Crippen LogP contribution in [0, 0.1) is 25.2 Å². The zero-order valence-electron chi connectivity index (χ0n) is 13.7. The van der Waals surface area contributed by atoms with Crippen LogP contribution in [0.25, 0.3) is 21.9 Å². The van der Waals surface area contributed by atoms with E-state index in [2.05, 4.69) is 14.7 Å². The summed E-state index contributed by atoms with van der Waals surface area (Å²) in [6, 6.07) is 3.52. The highest BCUT2D eigenvalue weighted by atomic mass is 32.1. The maximum Gasteiger partial charge on any atom is 0.374 e. The number of fused-ring (bicyclic) bond motifs is 1. The van der Waals surface area contributed by atoms with E-state index in [1.807, 2.05) is 19.9 Å². The monoisotopic (exact) mass is 355 g/mol. The van der Waals surface area contributed by atoms with Crippen molar-refractivity contribution in [1.29, 1.82) is 5.26 Å². The summed E-state index contributed by atoms with van der Waals surface area (Å²) in [5, 5.41) is 9.99. The minimum atomic E-state index is -0.657. The van der Waals surface area contributed by atoms with Gasteiger partial charge in [0.05, 0.1) is 24.3 Å². The van der Waals surface area contributed by atoms with E-state index in [0.717, 1.165) is 10.4 Å². The van der Waals surface area contributed by atoms with Crippen LogP contribution in [0.15, 0.2) is 21.5 Å². The fourth-order valence-electron chi connectivity index (χ4n) is 2.38. The number of thiophene rings is 1. The van der Waals surface area contributed by atoms with E-state index in [-0.39, 0.29) is 22.7 Å². The maximum atomic E-state index is 12.4. The first-order valence-electron chi connectivity index (χ1n) is 7.24. The Balaban J connectivity index is 2.16. The van der Waals surface area contributed by atoms with Crippen molar-refractivity contribution >= 4 is 39.2 Å². The summed E-state index contributed by atoms with van der Waals surface area (Å²) in [6.07, 6.45) is 2.74. The van der Waals surface area contributed by atoms with Gasteiger partial charge in [0.15, 0.2) is 5.82 Å². The molecule has 0 amide bonds. The number of aromatic amines is 1. The van der Waals surface area contributed by atoms with Gasteiger partial charge in [0.2, 0.25) is 5.76 Å². The number of carbonyl (C=O) groups excluding carboxylic acids is 1. The molecule has 0 bridgehead atoms. The number of furan rings is 1. The molecule has 126 valence electrons. The minimum Gasteiger partial charge on any atom is -0.463 e. The molecule has 0 aliphatic rings. The lowest BCUT2D eigenvalue weighted by molar-refractivity contribution is 0.0565. The average Bonchev–Trinajstić information content (AvgIpc) is 3.16. The quantitative estimate of drug-likeness (QED) is 0.571. The molecule has 7 nitrogen and oxygen atoms in total. The van der Waals surface area contributed by atoms with Crippen LogP contribution in [0.1, 0.15) is 32.4 Å². The molecule has 0 aliphatic heterocycles. The molecule has 3 aromatic heterocycles. The summed E-state index contributed by atoms with van der Waals surface area (Å²) < 4.78 is 9.73. The number of ether oxygens (including phenoxy) is 1. The van der Waals surface area contributed by atoms with Gasteiger partial charge in [0, 0.05) is 10.4 Å². The minimum absolute atomic E-state index is 0.0264. The number of carbonyl (C=O) groups is 1. The second kappa shape index (κ2) is 6.37. The van der Waals surface area contributed by atoms with E-state index in [1.54, 1.807) is 0 Å². The third-order valence-electron chi connectivity index (χ3n) is 3.78. The number of nitrogens with zero attached hydrogens (tertiary/aromatic N) is 2. The van der Waals surface area contributed by atoms with Crippen LogP contribution in [0.3, 0.4) is 0 Å². The molecule has 8 heteroatoms. The van der Waals surface area contributed by atoms with Gasteiger partial charge in [0.1, 0.15) is 10.9 Å². The maximum absolute atomic E-state index is 12.4. The number of esters is 1. The van der Waals surface area contributed by atoms with E-state index in [1.165, 1.54) is 36.9 Å². The predicted octanol–water partition coefficient (Wildman–Crippen LogP) is 3.05. The second-order valence-corrected chi connectivity index (χ2v) is 6.45. The van der Waals surface area contributed by atoms with Crippen LogP contribution in [0.5, 0.6) is 0 Å². The lowest BCUT2D eigenvalue weighted by atomic mass is 10.1. The van der Waals surface area contributed by atoms with Crippen LogP contribution in [-0.2, 0) is 4.74 Å². The first-order chi connectivity index (χ1) is 12.0. The highest BCUT2D eigenvalue weighted by Crippen LogP contribution is 2.27. The first-order valence-corrected chi connectivity index (χ1v) is 8.06. The van der Waals surface area contributed by atoms with Gasteiger partial charge < -0.3 is 14.1 Å². The fraction of sp³-hybridized carbons (Fsp3) is 0.176. The van der Waals surface area contributed by atoms with Crippen molar-refractivity contribution in [3.63, 3.8) is 0 Å². The molecule has 3 aromatic rings. The molecule has 0 unspecified atom stereocenters. The van der Waals surface area contributed by atoms with Gasteiger partial charge in [0.25, 0.3) is 5.56 Å². The normalized spacial score (nSPS) is 11.5. The third kappa shape index (κ3) is 2.86. The number of nitriles is 1. The van der Waals surface area contributed by atoms with E-state index >= 15 is 0 Å². The van der Waals surface area contributed by atoms with Crippen molar-refractivity contribution in [1.82, 2.24) is 9.97 Å². The molecule has 3 rings (SSSR count). The number of nitrogens with one attached hydrogen (secondary N) is 1. The summed E-state index contributed by atoms with van der Waals surface area (Å²) in [7, 11) is 1.23. The molecule has 0 aromatic carbocycles. The molecule has 0 saturated heterocycles. The molecule has 3 heterocycles. The van der Waals surface area contributed by atoms with Crippen molar-refractivity contribution in [3.8, 4) is 6.07 Å². The first kappa shape index (κ1) is 16.7. The van der Waals surface area contributed by atoms with Gasteiger partial charge in [-0.05, 0) is 31.6 Å². The number of H-pyrrole nitrogens is 1. The van der Waals surface area contributed by atoms with E-state index in [0.29, 0.717) is 15.8 Å². The molecule has 0 fully saturated rings. The molecule has 0 radical (unpaired) electrons. The van der Waals surface area contributed by atoms with Crippen LogP contribution in [0.2, 0.25) is 0 Å². The highest BCUT2D eigenvalue weighted by molar-refractivity contribution is 7.18. The molecular formula is C17H13N3O4S. The van der Waals surface area contributed by atoms with Crippen molar-refractivity contribution < 1.29 is 13.9 Å². The lowest BCUT2D eigenvalue weighted by Crippen LogP contribution is -2.11. The summed E-state index contributed by atoms with van der Waals surface area (Å²) >= 11 is 1.39. The number of aromatic nitrogens is 2. The zero-order chi connectivity index (χ0) is 18.1. The molecule has 0 spiro atoms. The van der Waals surface area contributed by atoms with Crippen LogP contribution >= 0.6 is 11.3 Å². The van der Waals surface area contributed by atoms with Crippen LogP contribution < -0.4 is 5.56 Å². The topological polar surface area (TPSA) is 109 Å². The van der Waals surface area contributed by atoms with E-state index in [4.69, 9.17) is 4.42 Å². The van der Waals surface area contributed by atoms with Gasteiger partial charge >= 0.3 is 5.97 Å². The number of hydrogen-bond donors (Lipinski definition) is 1. The van der Waals surface area contributed by atoms with Crippen molar-refractivity contribution in [3.05, 3.63) is 50.3 Å². The van der Waals surface area contributed by atoms with Crippen LogP contribution in [0.4, 0.5) is 0 Å². The molecule has 0 saturated carbocycles. The summed E-state index contributed by atoms with van der Waals surface area (Å²) in [5.41, 5.74) is 1.05. The Morgan fingerprint density at radius 3 is 2.92 bits per heavy atom. The van der Waals surface area contributed by atoms with Gasteiger partial charge in [-0.15, -0.1) is 11.3 Å². The third-order valence-corrected chi connectivity index (χ3v) is 4.88. The van der Waals surface area contributed by atoms with Crippen molar-refractivity contribution in [2.24, 2.45) is 0 Å².